The normalized spacial score (nSPS) is 11.6. The summed E-state index contributed by atoms with van der Waals surface area (Å²) in [5.41, 5.74) is 2.66. The topological polar surface area (TPSA) is 67.2 Å². The van der Waals surface area contributed by atoms with Crippen molar-refractivity contribution in [1.82, 2.24) is 15.6 Å². The van der Waals surface area contributed by atoms with Crippen LogP contribution in [0.25, 0.3) is 11.1 Å². The first-order valence-corrected chi connectivity index (χ1v) is 6.71. The second kappa shape index (κ2) is 5.53. The molecule has 1 aromatic carbocycles. The quantitative estimate of drug-likeness (QED) is 0.905. The number of nitrogens with one attached hydrogen (secondary N) is 2. The summed E-state index contributed by atoms with van der Waals surface area (Å²) >= 11 is 0. The van der Waals surface area contributed by atoms with Crippen molar-refractivity contribution in [3.05, 3.63) is 29.7 Å². The molecule has 2 aromatic rings. The van der Waals surface area contributed by atoms with Gasteiger partial charge in [-0.05, 0) is 23.1 Å². The average Bonchev–Trinajstić information content (AvgIpc) is 2.72. The van der Waals surface area contributed by atoms with Crippen LogP contribution in [0.4, 0.5) is 4.79 Å². The van der Waals surface area contributed by atoms with Crippen LogP contribution < -0.4 is 10.6 Å². The summed E-state index contributed by atoms with van der Waals surface area (Å²) < 4.78 is 5.41. The molecule has 2 rings (SSSR count). The lowest BCUT2D eigenvalue weighted by atomic mass is 9.97. The SMILES string of the molecule is Cc1nc2cc(CNC(=O)NCC(C)(C)C)ccc2o1. The van der Waals surface area contributed by atoms with Crippen LogP contribution in [0.2, 0.25) is 0 Å². The number of aromatic nitrogens is 1. The van der Waals surface area contributed by atoms with E-state index in [4.69, 9.17) is 4.42 Å². The number of oxazole rings is 1. The lowest BCUT2D eigenvalue weighted by Crippen LogP contribution is -2.39. The predicted octanol–water partition coefficient (Wildman–Crippen LogP) is 2.98. The van der Waals surface area contributed by atoms with Crippen molar-refractivity contribution in [3.63, 3.8) is 0 Å². The maximum absolute atomic E-state index is 11.7. The minimum absolute atomic E-state index is 0.0779. The highest BCUT2D eigenvalue weighted by molar-refractivity contribution is 5.75. The Balaban J connectivity index is 1.90. The Hall–Kier alpha value is -2.04. The van der Waals surface area contributed by atoms with Gasteiger partial charge in [0.15, 0.2) is 11.5 Å². The van der Waals surface area contributed by atoms with Crippen molar-refractivity contribution in [2.24, 2.45) is 5.41 Å². The third-order valence-corrected chi connectivity index (χ3v) is 2.79. The summed E-state index contributed by atoms with van der Waals surface area (Å²) in [6, 6.07) is 5.57. The van der Waals surface area contributed by atoms with E-state index in [9.17, 15) is 4.79 Å². The number of fused-ring (bicyclic) bond motifs is 1. The van der Waals surface area contributed by atoms with Crippen molar-refractivity contribution in [2.75, 3.05) is 6.54 Å². The minimum Gasteiger partial charge on any atom is -0.441 e. The smallest absolute Gasteiger partial charge is 0.315 e. The second-order valence-electron chi connectivity index (χ2n) is 6.13. The Morgan fingerprint density at radius 1 is 1.30 bits per heavy atom. The lowest BCUT2D eigenvalue weighted by Gasteiger charge is -2.18. The van der Waals surface area contributed by atoms with Gasteiger partial charge in [-0.3, -0.25) is 0 Å². The van der Waals surface area contributed by atoms with E-state index < -0.39 is 0 Å². The molecule has 2 N–H and O–H groups in total. The fourth-order valence-corrected chi connectivity index (χ4v) is 1.79. The van der Waals surface area contributed by atoms with Crippen LogP contribution in [0.5, 0.6) is 0 Å². The highest BCUT2D eigenvalue weighted by Crippen LogP contribution is 2.16. The fourth-order valence-electron chi connectivity index (χ4n) is 1.79. The molecular formula is C15H21N3O2. The van der Waals surface area contributed by atoms with Gasteiger partial charge in [0, 0.05) is 20.0 Å². The van der Waals surface area contributed by atoms with E-state index in [0.29, 0.717) is 19.0 Å². The van der Waals surface area contributed by atoms with E-state index in [0.717, 1.165) is 16.7 Å². The van der Waals surface area contributed by atoms with Gasteiger partial charge in [0.05, 0.1) is 0 Å². The molecule has 0 saturated heterocycles. The van der Waals surface area contributed by atoms with Crippen LogP contribution >= 0.6 is 0 Å². The number of hydrogen-bond donors (Lipinski definition) is 2. The van der Waals surface area contributed by atoms with Gasteiger partial charge in [-0.15, -0.1) is 0 Å². The van der Waals surface area contributed by atoms with Crippen LogP contribution in [0, 0.1) is 12.3 Å². The summed E-state index contributed by atoms with van der Waals surface area (Å²) in [6.45, 7) is 9.16. The third-order valence-electron chi connectivity index (χ3n) is 2.79. The van der Waals surface area contributed by atoms with Gasteiger partial charge < -0.3 is 15.1 Å². The summed E-state index contributed by atoms with van der Waals surface area (Å²) in [6.07, 6.45) is 0. The number of hydrogen-bond acceptors (Lipinski definition) is 3. The number of benzene rings is 1. The first-order chi connectivity index (χ1) is 9.33. The lowest BCUT2D eigenvalue weighted by molar-refractivity contribution is 0.235. The van der Waals surface area contributed by atoms with Gasteiger partial charge >= 0.3 is 6.03 Å². The number of urea groups is 1. The molecule has 1 heterocycles. The van der Waals surface area contributed by atoms with E-state index in [-0.39, 0.29) is 11.4 Å². The molecule has 0 saturated carbocycles. The molecule has 0 bridgehead atoms. The molecule has 5 nitrogen and oxygen atoms in total. The molecular weight excluding hydrogens is 254 g/mol. The molecule has 0 radical (unpaired) electrons. The molecule has 0 spiro atoms. The van der Waals surface area contributed by atoms with Crippen LogP contribution in [0.3, 0.4) is 0 Å². The number of rotatable bonds is 3. The zero-order valence-corrected chi connectivity index (χ0v) is 12.4. The first kappa shape index (κ1) is 14.4. The van der Waals surface area contributed by atoms with Crippen molar-refractivity contribution in [1.29, 1.82) is 0 Å². The van der Waals surface area contributed by atoms with Crippen molar-refractivity contribution >= 4 is 17.1 Å². The Morgan fingerprint density at radius 2 is 2.05 bits per heavy atom. The van der Waals surface area contributed by atoms with Crippen molar-refractivity contribution in [2.45, 2.75) is 34.2 Å². The van der Waals surface area contributed by atoms with Gasteiger partial charge in [-0.25, -0.2) is 9.78 Å². The summed E-state index contributed by atoms with van der Waals surface area (Å²) in [5.74, 6) is 0.646. The molecule has 0 aliphatic carbocycles. The van der Waals surface area contributed by atoms with E-state index in [1.54, 1.807) is 0 Å². The molecule has 0 aliphatic heterocycles. The summed E-state index contributed by atoms with van der Waals surface area (Å²) in [5, 5.41) is 5.68. The molecule has 0 atom stereocenters. The van der Waals surface area contributed by atoms with Crippen LogP contribution in [0.15, 0.2) is 22.6 Å². The molecule has 2 amide bonds. The van der Waals surface area contributed by atoms with Gasteiger partial charge in [0.1, 0.15) is 5.52 Å². The predicted molar refractivity (Wildman–Crippen MR) is 78.4 cm³/mol. The van der Waals surface area contributed by atoms with Crippen LogP contribution in [0.1, 0.15) is 32.2 Å². The Bertz CT molecular complexity index is 611. The largest absolute Gasteiger partial charge is 0.441 e. The van der Waals surface area contributed by atoms with E-state index in [2.05, 4.69) is 36.4 Å². The molecule has 20 heavy (non-hydrogen) atoms. The van der Waals surface area contributed by atoms with Gasteiger partial charge in [-0.2, -0.15) is 0 Å². The number of carbonyl (C=O) groups is 1. The zero-order valence-electron chi connectivity index (χ0n) is 12.4. The Kier molecular flexibility index (Phi) is 3.97. The maximum Gasteiger partial charge on any atom is 0.315 e. The van der Waals surface area contributed by atoms with Crippen LogP contribution in [-0.4, -0.2) is 17.6 Å². The minimum atomic E-state index is -0.156. The van der Waals surface area contributed by atoms with Crippen molar-refractivity contribution in [3.8, 4) is 0 Å². The molecule has 0 aliphatic rings. The molecule has 1 aromatic heterocycles. The molecule has 108 valence electrons. The summed E-state index contributed by atoms with van der Waals surface area (Å²) in [7, 11) is 0. The number of carbonyl (C=O) groups excluding carboxylic acids is 1. The maximum atomic E-state index is 11.7. The number of nitrogens with zero attached hydrogens (tertiary/aromatic N) is 1. The first-order valence-electron chi connectivity index (χ1n) is 6.71. The van der Waals surface area contributed by atoms with Gasteiger partial charge in [-0.1, -0.05) is 26.8 Å². The van der Waals surface area contributed by atoms with Gasteiger partial charge in [0.2, 0.25) is 0 Å². The summed E-state index contributed by atoms with van der Waals surface area (Å²) in [4.78, 5) is 15.9. The standard InChI is InChI=1S/C15H21N3O2/c1-10-18-12-7-11(5-6-13(12)20-10)8-16-14(19)17-9-15(2,3)4/h5-7H,8-9H2,1-4H3,(H2,16,17,19). The fraction of sp³-hybridized carbons (Fsp3) is 0.467. The van der Waals surface area contributed by atoms with Crippen LogP contribution in [-0.2, 0) is 6.54 Å². The second-order valence-corrected chi connectivity index (χ2v) is 6.13. The Morgan fingerprint density at radius 3 is 2.75 bits per heavy atom. The molecule has 0 unspecified atom stereocenters. The van der Waals surface area contributed by atoms with E-state index in [1.165, 1.54) is 0 Å². The highest BCUT2D eigenvalue weighted by Gasteiger charge is 2.11. The average molecular weight is 275 g/mol. The third kappa shape index (κ3) is 3.98. The number of aryl methyl sites for hydroxylation is 1. The number of amides is 2. The van der Waals surface area contributed by atoms with E-state index in [1.807, 2.05) is 25.1 Å². The monoisotopic (exact) mass is 275 g/mol. The highest BCUT2D eigenvalue weighted by atomic mass is 16.3. The zero-order chi connectivity index (χ0) is 14.8. The van der Waals surface area contributed by atoms with Crippen molar-refractivity contribution < 1.29 is 9.21 Å². The van der Waals surface area contributed by atoms with E-state index >= 15 is 0 Å². The Labute approximate surface area is 118 Å². The molecule has 5 heteroatoms. The molecule has 0 fully saturated rings. The van der Waals surface area contributed by atoms with Gasteiger partial charge in [0.25, 0.3) is 0 Å².